The monoisotopic (exact) mass is 272 g/mol. The summed E-state index contributed by atoms with van der Waals surface area (Å²) in [5, 5.41) is 0.826. The van der Waals surface area contributed by atoms with Crippen LogP contribution in [-0.2, 0) is 12.8 Å². The first-order chi connectivity index (χ1) is 9.34. The third-order valence-electron chi connectivity index (χ3n) is 3.44. The predicted molar refractivity (Wildman–Crippen MR) is 83.8 cm³/mol. The Morgan fingerprint density at radius 3 is 1.68 bits per heavy atom. The van der Waals surface area contributed by atoms with Crippen LogP contribution >= 0.6 is 11.6 Å². The van der Waals surface area contributed by atoms with Gasteiger partial charge in [-0.2, -0.15) is 0 Å². The second-order valence-corrected chi connectivity index (χ2v) is 5.46. The third kappa shape index (κ3) is 5.48. The molecule has 19 heavy (non-hydrogen) atoms. The Labute approximate surface area is 121 Å². The van der Waals surface area contributed by atoms with Gasteiger partial charge in [0.15, 0.2) is 0 Å². The molecule has 0 spiro atoms. The van der Waals surface area contributed by atoms with E-state index in [0.717, 1.165) is 5.02 Å². The van der Waals surface area contributed by atoms with Crippen LogP contribution in [0.2, 0.25) is 5.02 Å². The highest BCUT2D eigenvalue weighted by Crippen LogP contribution is 2.13. The molecule has 1 heteroatoms. The van der Waals surface area contributed by atoms with Crippen LogP contribution in [0.5, 0.6) is 0 Å². The molecule has 0 radical (unpaired) electrons. The molecule has 0 heterocycles. The van der Waals surface area contributed by atoms with Gasteiger partial charge in [-0.05, 0) is 48.9 Å². The molecule has 0 aliphatic carbocycles. The van der Waals surface area contributed by atoms with Crippen molar-refractivity contribution in [1.29, 1.82) is 0 Å². The average Bonchev–Trinajstić information content (AvgIpc) is 2.46. The van der Waals surface area contributed by atoms with Gasteiger partial charge in [-0.25, -0.2) is 0 Å². The van der Waals surface area contributed by atoms with Gasteiger partial charge in [-0.15, -0.1) is 0 Å². The smallest absolute Gasteiger partial charge is 0.0406 e. The van der Waals surface area contributed by atoms with Crippen molar-refractivity contribution in [2.45, 2.75) is 38.5 Å². The van der Waals surface area contributed by atoms with E-state index in [1.165, 1.54) is 49.7 Å². The molecule has 0 bridgehead atoms. The lowest BCUT2D eigenvalue weighted by atomic mass is 10.0. The molecule has 0 N–H and O–H groups in total. The summed E-state index contributed by atoms with van der Waals surface area (Å²) in [6.45, 7) is 0. The lowest BCUT2D eigenvalue weighted by molar-refractivity contribution is 0.640. The first-order valence-corrected chi connectivity index (χ1v) is 7.51. The van der Waals surface area contributed by atoms with Gasteiger partial charge in [0.05, 0.1) is 0 Å². The van der Waals surface area contributed by atoms with Gasteiger partial charge in [-0.1, -0.05) is 66.9 Å². The molecule has 0 amide bonds. The zero-order valence-corrected chi connectivity index (χ0v) is 12.1. The van der Waals surface area contributed by atoms with Crippen LogP contribution in [0.25, 0.3) is 0 Å². The summed E-state index contributed by atoms with van der Waals surface area (Å²) < 4.78 is 0. The highest BCUT2D eigenvalue weighted by Gasteiger charge is 1.95. The van der Waals surface area contributed by atoms with Gasteiger partial charge >= 0.3 is 0 Å². The van der Waals surface area contributed by atoms with Gasteiger partial charge < -0.3 is 0 Å². The van der Waals surface area contributed by atoms with E-state index >= 15 is 0 Å². The largest absolute Gasteiger partial charge is 0.0843 e. The fraction of sp³-hybridized carbons (Fsp3) is 0.333. The molecular weight excluding hydrogens is 252 g/mol. The first-order valence-electron chi connectivity index (χ1n) is 7.13. The first kappa shape index (κ1) is 14.1. The molecule has 2 rings (SSSR count). The Kier molecular flexibility index (Phi) is 5.97. The standard InChI is InChI=1S/C18H21Cl/c19-18-14-12-17(13-15-18)11-5-2-1-4-8-16-9-6-3-7-10-16/h3,6-7,9-10,12-15H,1-2,4-5,8,11H2. The van der Waals surface area contributed by atoms with Crippen molar-refractivity contribution in [3.63, 3.8) is 0 Å². The minimum absolute atomic E-state index is 0.826. The van der Waals surface area contributed by atoms with Crippen molar-refractivity contribution in [3.05, 3.63) is 70.7 Å². The van der Waals surface area contributed by atoms with Gasteiger partial charge in [0.25, 0.3) is 0 Å². The highest BCUT2D eigenvalue weighted by atomic mass is 35.5. The van der Waals surface area contributed by atoms with Gasteiger partial charge in [-0.3, -0.25) is 0 Å². The Morgan fingerprint density at radius 2 is 1.11 bits per heavy atom. The van der Waals surface area contributed by atoms with Crippen molar-refractivity contribution >= 4 is 11.6 Å². The minimum Gasteiger partial charge on any atom is -0.0843 e. The molecule has 0 unspecified atom stereocenters. The zero-order chi connectivity index (χ0) is 13.3. The number of halogens is 1. The molecule has 0 aliphatic rings. The number of rotatable bonds is 7. The van der Waals surface area contributed by atoms with E-state index in [9.17, 15) is 0 Å². The highest BCUT2D eigenvalue weighted by molar-refractivity contribution is 6.30. The van der Waals surface area contributed by atoms with Crippen molar-refractivity contribution < 1.29 is 0 Å². The van der Waals surface area contributed by atoms with E-state index in [-0.39, 0.29) is 0 Å². The van der Waals surface area contributed by atoms with Crippen molar-refractivity contribution in [3.8, 4) is 0 Å². The number of hydrogen-bond donors (Lipinski definition) is 0. The maximum atomic E-state index is 5.87. The van der Waals surface area contributed by atoms with Crippen LogP contribution in [0, 0.1) is 0 Å². The van der Waals surface area contributed by atoms with Crippen LogP contribution in [0.1, 0.15) is 36.8 Å². The van der Waals surface area contributed by atoms with Crippen LogP contribution < -0.4 is 0 Å². The van der Waals surface area contributed by atoms with E-state index in [1.54, 1.807) is 0 Å². The summed E-state index contributed by atoms with van der Waals surface area (Å²) in [5.41, 5.74) is 2.85. The Hall–Kier alpha value is -1.27. The van der Waals surface area contributed by atoms with E-state index in [4.69, 9.17) is 11.6 Å². The van der Waals surface area contributed by atoms with Gasteiger partial charge in [0, 0.05) is 5.02 Å². The summed E-state index contributed by atoms with van der Waals surface area (Å²) in [6.07, 6.45) is 7.59. The summed E-state index contributed by atoms with van der Waals surface area (Å²) >= 11 is 5.87. The lowest BCUT2D eigenvalue weighted by Crippen LogP contribution is -1.88. The predicted octanol–water partition coefficient (Wildman–Crippen LogP) is 5.69. The number of aryl methyl sites for hydroxylation is 2. The minimum atomic E-state index is 0.826. The second kappa shape index (κ2) is 8.01. The van der Waals surface area contributed by atoms with Crippen LogP contribution in [-0.4, -0.2) is 0 Å². The van der Waals surface area contributed by atoms with Crippen molar-refractivity contribution in [1.82, 2.24) is 0 Å². The van der Waals surface area contributed by atoms with E-state index in [1.807, 2.05) is 12.1 Å². The number of unbranched alkanes of at least 4 members (excludes halogenated alkanes) is 3. The van der Waals surface area contributed by atoms with Gasteiger partial charge in [0.2, 0.25) is 0 Å². The Morgan fingerprint density at radius 1 is 0.579 bits per heavy atom. The summed E-state index contributed by atoms with van der Waals surface area (Å²) in [6, 6.07) is 19.0. The van der Waals surface area contributed by atoms with E-state index in [0.29, 0.717) is 0 Å². The van der Waals surface area contributed by atoms with Crippen molar-refractivity contribution in [2.24, 2.45) is 0 Å². The maximum absolute atomic E-state index is 5.87. The molecule has 0 saturated carbocycles. The Balaban J connectivity index is 1.56. The fourth-order valence-electron chi connectivity index (χ4n) is 2.31. The average molecular weight is 273 g/mol. The van der Waals surface area contributed by atoms with Crippen LogP contribution in [0.4, 0.5) is 0 Å². The topological polar surface area (TPSA) is 0 Å². The lowest BCUT2D eigenvalue weighted by Gasteiger charge is -2.03. The zero-order valence-electron chi connectivity index (χ0n) is 11.3. The second-order valence-electron chi connectivity index (χ2n) is 5.03. The third-order valence-corrected chi connectivity index (χ3v) is 3.69. The molecule has 100 valence electrons. The Bertz CT molecular complexity index is 459. The summed E-state index contributed by atoms with van der Waals surface area (Å²) in [4.78, 5) is 0. The fourth-order valence-corrected chi connectivity index (χ4v) is 2.43. The molecule has 0 saturated heterocycles. The molecule has 0 fully saturated rings. The van der Waals surface area contributed by atoms with Crippen molar-refractivity contribution in [2.75, 3.05) is 0 Å². The maximum Gasteiger partial charge on any atom is 0.0406 e. The molecule has 2 aromatic carbocycles. The summed E-state index contributed by atoms with van der Waals surface area (Å²) in [7, 11) is 0. The number of benzene rings is 2. The molecule has 0 aromatic heterocycles. The van der Waals surface area contributed by atoms with Crippen LogP contribution in [0.15, 0.2) is 54.6 Å². The summed E-state index contributed by atoms with van der Waals surface area (Å²) in [5.74, 6) is 0. The molecule has 0 atom stereocenters. The van der Waals surface area contributed by atoms with Gasteiger partial charge in [0.1, 0.15) is 0 Å². The SMILES string of the molecule is Clc1ccc(CCCCCCc2ccccc2)cc1. The van der Waals surface area contributed by atoms with E-state index < -0.39 is 0 Å². The quantitative estimate of drug-likeness (QED) is 0.568. The van der Waals surface area contributed by atoms with E-state index in [2.05, 4.69) is 42.5 Å². The molecule has 0 aliphatic heterocycles. The normalized spacial score (nSPS) is 10.6. The van der Waals surface area contributed by atoms with Crippen LogP contribution in [0.3, 0.4) is 0 Å². The molecular formula is C18H21Cl. The molecule has 2 aromatic rings. The number of hydrogen-bond acceptors (Lipinski definition) is 0. The molecule has 0 nitrogen and oxygen atoms in total.